The first-order valence-electron chi connectivity index (χ1n) is 7.04. The van der Waals surface area contributed by atoms with Crippen LogP contribution in [-0.4, -0.2) is 18.5 Å². The molecule has 0 radical (unpaired) electrons. The average molecular weight is 233 g/mol. The zero-order valence-corrected chi connectivity index (χ0v) is 11.9. The summed E-state index contributed by atoms with van der Waals surface area (Å²) in [5, 5.41) is 0. The summed E-state index contributed by atoms with van der Waals surface area (Å²) in [7, 11) is 2.22. The number of rotatable bonds is 0. The predicted octanol–water partition coefficient (Wildman–Crippen LogP) is 4.53. The van der Waals surface area contributed by atoms with E-state index in [0.717, 1.165) is 12.3 Å². The molecule has 2 aliphatic rings. The average Bonchev–Trinajstić information content (AvgIpc) is 2.59. The van der Waals surface area contributed by atoms with Crippen LogP contribution in [0.15, 0.2) is 35.6 Å². The molecule has 0 saturated heterocycles. The van der Waals surface area contributed by atoms with E-state index in [1.54, 1.807) is 0 Å². The van der Waals surface area contributed by atoms with E-state index in [9.17, 15) is 0 Å². The van der Waals surface area contributed by atoms with Gasteiger partial charge < -0.3 is 4.90 Å². The lowest BCUT2D eigenvalue weighted by Gasteiger charge is -2.27. The Morgan fingerprint density at radius 1 is 1.12 bits per heavy atom. The quantitative estimate of drug-likeness (QED) is 0.594. The van der Waals surface area contributed by atoms with Gasteiger partial charge in [-0.2, -0.15) is 0 Å². The molecule has 17 heavy (non-hydrogen) atoms. The standard InChI is InChI=1S/C14H21N.C2H6/c1-12-8-9-13-6-4-3-5-7-14(13)15(2)11-10-12;1-2/h4-7,12H,3,8-11H2,1-2H3;1-2H3. The van der Waals surface area contributed by atoms with Crippen molar-refractivity contribution >= 4 is 0 Å². The molecule has 0 bridgehead atoms. The molecule has 1 aliphatic carbocycles. The van der Waals surface area contributed by atoms with Gasteiger partial charge >= 0.3 is 0 Å². The summed E-state index contributed by atoms with van der Waals surface area (Å²) < 4.78 is 0. The van der Waals surface area contributed by atoms with Gasteiger partial charge in [0.25, 0.3) is 0 Å². The van der Waals surface area contributed by atoms with Gasteiger partial charge in [-0.3, -0.25) is 0 Å². The minimum absolute atomic E-state index is 0.863. The third kappa shape index (κ3) is 4.07. The molecule has 1 aliphatic heterocycles. The molecule has 0 amide bonds. The largest absolute Gasteiger partial charge is 0.374 e. The maximum absolute atomic E-state index is 2.41. The molecule has 96 valence electrons. The highest BCUT2D eigenvalue weighted by molar-refractivity contribution is 5.35. The van der Waals surface area contributed by atoms with Crippen molar-refractivity contribution < 1.29 is 0 Å². The minimum atomic E-state index is 0.863. The Labute approximate surface area is 107 Å². The van der Waals surface area contributed by atoms with E-state index in [1.165, 1.54) is 37.1 Å². The molecular weight excluding hydrogens is 206 g/mol. The second-order valence-corrected chi connectivity index (χ2v) is 4.80. The van der Waals surface area contributed by atoms with Crippen LogP contribution in [0.5, 0.6) is 0 Å². The van der Waals surface area contributed by atoms with E-state index in [-0.39, 0.29) is 0 Å². The minimum Gasteiger partial charge on any atom is -0.374 e. The van der Waals surface area contributed by atoms with Crippen LogP contribution in [0.2, 0.25) is 0 Å². The van der Waals surface area contributed by atoms with Gasteiger partial charge in [0.1, 0.15) is 0 Å². The molecule has 0 aromatic rings. The van der Waals surface area contributed by atoms with Gasteiger partial charge in [0.05, 0.1) is 0 Å². The summed E-state index contributed by atoms with van der Waals surface area (Å²) in [5.41, 5.74) is 2.97. The molecule has 0 fully saturated rings. The van der Waals surface area contributed by atoms with E-state index < -0.39 is 0 Å². The molecule has 0 aromatic heterocycles. The first kappa shape index (κ1) is 14.1. The lowest BCUT2D eigenvalue weighted by Crippen LogP contribution is -2.23. The Hall–Kier alpha value is -0.980. The van der Waals surface area contributed by atoms with Crippen molar-refractivity contribution in [3.8, 4) is 0 Å². The maximum atomic E-state index is 2.41. The van der Waals surface area contributed by atoms with Crippen molar-refractivity contribution in [1.29, 1.82) is 0 Å². The monoisotopic (exact) mass is 233 g/mol. The van der Waals surface area contributed by atoms with Gasteiger partial charge in [-0.05, 0) is 43.3 Å². The van der Waals surface area contributed by atoms with Crippen molar-refractivity contribution in [1.82, 2.24) is 4.90 Å². The van der Waals surface area contributed by atoms with Crippen LogP contribution in [-0.2, 0) is 0 Å². The Kier molecular flexibility index (Phi) is 6.10. The Morgan fingerprint density at radius 2 is 1.82 bits per heavy atom. The Morgan fingerprint density at radius 3 is 2.59 bits per heavy atom. The molecule has 0 saturated carbocycles. The van der Waals surface area contributed by atoms with Crippen LogP contribution in [0.4, 0.5) is 0 Å². The van der Waals surface area contributed by atoms with Crippen LogP contribution in [0, 0.1) is 5.92 Å². The van der Waals surface area contributed by atoms with E-state index in [2.05, 4.69) is 43.2 Å². The SMILES string of the molecule is CC.CC1CCC2=C(C=CCC=C2)N(C)CC1. The third-order valence-corrected chi connectivity index (χ3v) is 3.47. The molecule has 0 aromatic carbocycles. The highest BCUT2D eigenvalue weighted by atomic mass is 15.1. The summed E-state index contributed by atoms with van der Waals surface area (Å²) >= 11 is 0. The summed E-state index contributed by atoms with van der Waals surface area (Å²) in [6, 6.07) is 0. The first-order valence-corrected chi connectivity index (χ1v) is 7.04. The maximum Gasteiger partial charge on any atom is 0.0392 e. The topological polar surface area (TPSA) is 3.24 Å². The van der Waals surface area contributed by atoms with Crippen molar-refractivity contribution in [2.45, 2.75) is 46.5 Å². The predicted molar refractivity (Wildman–Crippen MR) is 76.9 cm³/mol. The third-order valence-electron chi connectivity index (χ3n) is 3.47. The zero-order valence-electron chi connectivity index (χ0n) is 11.9. The van der Waals surface area contributed by atoms with E-state index in [4.69, 9.17) is 0 Å². The van der Waals surface area contributed by atoms with Crippen LogP contribution in [0.3, 0.4) is 0 Å². The van der Waals surface area contributed by atoms with Crippen molar-refractivity contribution in [3.63, 3.8) is 0 Å². The van der Waals surface area contributed by atoms with Crippen LogP contribution < -0.4 is 0 Å². The first-order chi connectivity index (χ1) is 8.27. The fraction of sp³-hybridized carbons (Fsp3) is 0.625. The summed E-state index contributed by atoms with van der Waals surface area (Å²) in [6.07, 6.45) is 14.1. The number of hydrogen-bond donors (Lipinski definition) is 0. The van der Waals surface area contributed by atoms with Gasteiger partial charge in [0, 0.05) is 19.3 Å². The normalized spacial score (nSPS) is 24.2. The second kappa shape index (κ2) is 7.37. The Bertz CT molecular complexity index is 309. The second-order valence-electron chi connectivity index (χ2n) is 4.80. The molecule has 1 unspecified atom stereocenters. The summed E-state index contributed by atoms with van der Waals surface area (Å²) in [5.74, 6) is 0.863. The van der Waals surface area contributed by atoms with Crippen LogP contribution in [0.25, 0.3) is 0 Å². The molecule has 1 heterocycles. The van der Waals surface area contributed by atoms with Gasteiger partial charge in [-0.1, -0.05) is 39.0 Å². The molecule has 1 heteroatoms. The van der Waals surface area contributed by atoms with Gasteiger partial charge in [0.15, 0.2) is 0 Å². The van der Waals surface area contributed by atoms with Crippen LogP contribution >= 0.6 is 0 Å². The zero-order chi connectivity index (χ0) is 12.7. The lowest BCUT2D eigenvalue weighted by molar-refractivity contribution is 0.349. The van der Waals surface area contributed by atoms with Crippen molar-refractivity contribution in [2.24, 2.45) is 5.92 Å². The summed E-state index contributed by atoms with van der Waals surface area (Å²) in [4.78, 5) is 2.41. The van der Waals surface area contributed by atoms with Crippen molar-refractivity contribution in [3.05, 3.63) is 35.6 Å². The molecule has 2 rings (SSSR count). The summed E-state index contributed by atoms with van der Waals surface area (Å²) in [6.45, 7) is 7.56. The van der Waals surface area contributed by atoms with Gasteiger partial charge in [0.2, 0.25) is 0 Å². The number of likely N-dealkylation sites (N-methyl/N-ethyl adjacent to an activating group) is 1. The highest BCUT2D eigenvalue weighted by Gasteiger charge is 2.14. The molecular formula is C16H27N. The number of allylic oxidation sites excluding steroid dienone is 5. The fourth-order valence-electron chi connectivity index (χ4n) is 2.33. The van der Waals surface area contributed by atoms with Gasteiger partial charge in [-0.15, -0.1) is 0 Å². The molecule has 0 N–H and O–H groups in total. The fourth-order valence-corrected chi connectivity index (χ4v) is 2.33. The molecule has 0 spiro atoms. The number of hydrogen-bond acceptors (Lipinski definition) is 1. The lowest BCUT2D eigenvalue weighted by atomic mass is 9.94. The van der Waals surface area contributed by atoms with Gasteiger partial charge in [-0.25, -0.2) is 0 Å². The molecule has 1 nitrogen and oxygen atoms in total. The van der Waals surface area contributed by atoms with Crippen molar-refractivity contribution in [2.75, 3.05) is 13.6 Å². The van der Waals surface area contributed by atoms with Crippen LogP contribution in [0.1, 0.15) is 46.5 Å². The Balaban J connectivity index is 0.000000686. The highest BCUT2D eigenvalue weighted by Crippen LogP contribution is 2.26. The van der Waals surface area contributed by atoms with E-state index >= 15 is 0 Å². The van der Waals surface area contributed by atoms with E-state index in [0.29, 0.717) is 0 Å². The van der Waals surface area contributed by atoms with E-state index in [1.807, 2.05) is 13.8 Å². The number of nitrogens with zero attached hydrogens (tertiary/aromatic N) is 1. The smallest absolute Gasteiger partial charge is 0.0392 e. The molecule has 1 atom stereocenters.